The minimum Gasteiger partial charge on any atom is -0.352 e. The van der Waals surface area contributed by atoms with Crippen LogP contribution in [0.3, 0.4) is 0 Å². The summed E-state index contributed by atoms with van der Waals surface area (Å²) in [5.41, 5.74) is 2.75. The Morgan fingerprint density at radius 2 is 2.12 bits per heavy atom. The molecule has 2 heterocycles. The molecule has 0 amide bonds. The highest BCUT2D eigenvalue weighted by Gasteiger charge is 2.38. The fourth-order valence-corrected chi connectivity index (χ4v) is 2.86. The van der Waals surface area contributed by atoms with Crippen LogP contribution in [0.2, 0.25) is 0 Å². The molecular weight excluding hydrogens is 214 g/mol. The Bertz CT molecular complexity index is 405. The van der Waals surface area contributed by atoms with E-state index in [-0.39, 0.29) is 12.4 Å². The molecule has 0 spiro atoms. The average Bonchev–Trinajstić information content (AvgIpc) is 2.32. The molecule has 0 saturated carbocycles. The average molecular weight is 233 g/mol. The second-order valence-corrected chi connectivity index (χ2v) is 5.24. The summed E-state index contributed by atoms with van der Waals surface area (Å²) in [6.45, 7) is 1.81. The van der Waals surface area contributed by atoms with Gasteiger partial charge in [-0.2, -0.15) is 0 Å². The van der Waals surface area contributed by atoms with Crippen LogP contribution < -0.4 is 0 Å². The molecule has 0 radical (unpaired) electrons. The Balaban J connectivity index is 1.90. The lowest BCUT2D eigenvalue weighted by Crippen LogP contribution is -2.43. The predicted molar refractivity (Wildman–Crippen MR) is 65.8 cm³/mol. The molecule has 0 N–H and O–H groups in total. The van der Waals surface area contributed by atoms with Gasteiger partial charge in [-0.1, -0.05) is 24.3 Å². The molecule has 0 aliphatic carbocycles. The maximum Gasteiger partial charge on any atom is 0.162 e. The van der Waals surface area contributed by atoms with E-state index < -0.39 is 0 Å². The van der Waals surface area contributed by atoms with E-state index in [0.717, 1.165) is 19.6 Å². The van der Waals surface area contributed by atoms with Crippen molar-refractivity contribution in [2.45, 2.75) is 18.8 Å². The van der Waals surface area contributed by atoms with Crippen LogP contribution in [0.25, 0.3) is 0 Å². The van der Waals surface area contributed by atoms with Gasteiger partial charge in [0.15, 0.2) is 6.29 Å². The van der Waals surface area contributed by atoms with E-state index in [4.69, 9.17) is 9.47 Å². The number of ether oxygens (including phenoxy) is 2. The van der Waals surface area contributed by atoms with E-state index in [2.05, 4.69) is 43.3 Å². The molecule has 2 aliphatic rings. The van der Waals surface area contributed by atoms with Crippen molar-refractivity contribution in [3.05, 3.63) is 35.4 Å². The lowest BCUT2D eigenvalue weighted by molar-refractivity contribution is -0.247. The third kappa shape index (κ3) is 2.10. The molecule has 1 saturated heterocycles. The number of hydrogen-bond acceptors (Lipinski definition) is 3. The van der Waals surface area contributed by atoms with Gasteiger partial charge in [-0.25, -0.2) is 0 Å². The number of hydrogen-bond donors (Lipinski definition) is 0. The number of benzene rings is 1. The highest BCUT2D eigenvalue weighted by Crippen LogP contribution is 2.39. The van der Waals surface area contributed by atoms with Gasteiger partial charge >= 0.3 is 0 Å². The molecule has 0 unspecified atom stereocenters. The quantitative estimate of drug-likeness (QED) is 0.778. The SMILES string of the molecule is CN(C)C[C@H]1CO[C@H]2Cc3ccccc3[C@@H]1O2. The Kier molecular flexibility index (Phi) is 2.90. The van der Waals surface area contributed by atoms with E-state index in [1.807, 2.05) is 0 Å². The third-order valence-corrected chi connectivity index (χ3v) is 3.57. The van der Waals surface area contributed by atoms with E-state index in [9.17, 15) is 0 Å². The number of nitrogens with zero attached hydrogens (tertiary/aromatic N) is 1. The molecule has 92 valence electrons. The topological polar surface area (TPSA) is 21.7 Å². The largest absolute Gasteiger partial charge is 0.352 e. The van der Waals surface area contributed by atoms with E-state index in [1.165, 1.54) is 11.1 Å². The second kappa shape index (κ2) is 4.41. The summed E-state index contributed by atoms with van der Waals surface area (Å²) in [7, 11) is 4.20. The van der Waals surface area contributed by atoms with Gasteiger partial charge in [0.2, 0.25) is 0 Å². The van der Waals surface area contributed by atoms with Crippen LogP contribution in [0, 0.1) is 5.92 Å². The summed E-state index contributed by atoms with van der Waals surface area (Å²) >= 11 is 0. The van der Waals surface area contributed by atoms with Crippen molar-refractivity contribution in [3.8, 4) is 0 Å². The molecule has 0 aromatic heterocycles. The molecule has 1 aromatic rings. The highest BCUT2D eigenvalue weighted by molar-refractivity contribution is 5.32. The van der Waals surface area contributed by atoms with Gasteiger partial charge in [0.1, 0.15) is 0 Å². The van der Waals surface area contributed by atoms with Crippen LogP contribution in [0.5, 0.6) is 0 Å². The van der Waals surface area contributed by atoms with Crippen molar-refractivity contribution in [3.63, 3.8) is 0 Å². The Morgan fingerprint density at radius 3 is 2.94 bits per heavy atom. The van der Waals surface area contributed by atoms with Crippen molar-refractivity contribution in [1.82, 2.24) is 4.90 Å². The predicted octanol–water partition coefficient (Wildman–Crippen LogP) is 1.83. The summed E-state index contributed by atoms with van der Waals surface area (Å²) in [4.78, 5) is 2.20. The summed E-state index contributed by atoms with van der Waals surface area (Å²) < 4.78 is 11.8. The van der Waals surface area contributed by atoms with Crippen LogP contribution in [0.15, 0.2) is 24.3 Å². The van der Waals surface area contributed by atoms with Crippen molar-refractivity contribution in [1.29, 1.82) is 0 Å². The molecule has 17 heavy (non-hydrogen) atoms. The van der Waals surface area contributed by atoms with Gasteiger partial charge in [-0.3, -0.25) is 0 Å². The minimum atomic E-state index is -0.0340. The van der Waals surface area contributed by atoms with Gasteiger partial charge in [-0.15, -0.1) is 0 Å². The molecule has 3 heteroatoms. The Hall–Kier alpha value is -0.900. The molecule has 3 rings (SSSR count). The van der Waals surface area contributed by atoms with Gasteiger partial charge < -0.3 is 14.4 Å². The van der Waals surface area contributed by atoms with E-state index >= 15 is 0 Å². The standard InChI is InChI=1S/C14H19NO2/c1-15(2)8-11-9-16-13-7-10-5-3-4-6-12(10)14(11)17-13/h3-6,11,13-14H,7-9H2,1-2H3/t11-,13+,14+/m0/s1. The summed E-state index contributed by atoms with van der Waals surface area (Å²) in [5, 5.41) is 0. The van der Waals surface area contributed by atoms with Gasteiger partial charge in [0, 0.05) is 18.9 Å². The first kappa shape index (κ1) is 11.2. The van der Waals surface area contributed by atoms with Crippen molar-refractivity contribution < 1.29 is 9.47 Å². The first-order valence-electron chi connectivity index (χ1n) is 6.23. The van der Waals surface area contributed by atoms with Crippen LogP contribution in [0.1, 0.15) is 17.2 Å². The summed E-state index contributed by atoms with van der Waals surface area (Å²) in [5.74, 6) is 0.433. The normalized spacial score (nSPS) is 31.4. The zero-order chi connectivity index (χ0) is 11.8. The van der Waals surface area contributed by atoms with Crippen molar-refractivity contribution in [2.24, 2.45) is 5.92 Å². The molecule has 3 nitrogen and oxygen atoms in total. The molecular formula is C14H19NO2. The lowest BCUT2D eigenvalue weighted by Gasteiger charge is -2.42. The zero-order valence-corrected chi connectivity index (χ0v) is 10.4. The maximum absolute atomic E-state index is 6.01. The smallest absolute Gasteiger partial charge is 0.162 e. The van der Waals surface area contributed by atoms with E-state index in [1.54, 1.807) is 0 Å². The first-order valence-corrected chi connectivity index (χ1v) is 6.23. The molecule has 1 aromatic carbocycles. The van der Waals surface area contributed by atoms with Crippen LogP contribution in [0.4, 0.5) is 0 Å². The van der Waals surface area contributed by atoms with E-state index in [0.29, 0.717) is 5.92 Å². The molecule has 1 fully saturated rings. The molecule has 3 atom stereocenters. The highest BCUT2D eigenvalue weighted by atomic mass is 16.7. The molecule has 2 bridgehead atoms. The summed E-state index contributed by atoms with van der Waals surface area (Å²) in [6.07, 6.45) is 1.07. The first-order chi connectivity index (χ1) is 8.24. The second-order valence-electron chi connectivity index (χ2n) is 5.24. The van der Waals surface area contributed by atoms with Crippen molar-refractivity contribution in [2.75, 3.05) is 27.2 Å². The number of rotatable bonds is 2. The summed E-state index contributed by atoms with van der Waals surface area (Å²) in [6, 6.07) is 8.59. The van der Waals surface area contributed by atoms with Crippen LogP contribution in [-0.2, 0) is 15.9 Å². The maximum atomic E-state index is 6.01. The van der Waals surface area contributed by atoms with Crippen LogP contribution >= 0.6 is 0 Å². The Morgan fingerprint density at radius 1 is 1.29 bits per heavy atom. The van der Waals surface area contributed by atoms with Crippen molar-refractivity contribution >= 4 is 0 Å². The fourth-order valence-electron chi connectivity index (χ4n) is 2.86. The van der Waals surface area contributed by atoms with Gasteiger partial charge in [0.05, 0.1) is 12.7 Å². The lowest BCUT2D eigenvalue weighted by atomic mass is 9.87. The van der Waals surface area contributed by atoms with Crippen LogP contribution in [-0.4, -0.2) is 38.4 Å². The fraction of sp³-hybridized carbons (Fsp3) is 0.571. The monoisotopic (exact) mass is 233 g/mol. The third-order valence-electron chi connectivity index (χ3n) is 3.57. The van der Waals surface area contributed by atoms with Gasteiger partial charge in [-0.05, 0) is 25.2 Å². The Labute approximate surface area is 102 Å². The zero-order valence-electron chi connectivity index (χ0n) is 10.4. The minimum absolute atomic E-state index is 0.0340. The molecule has 2 aliphatic heterocycles. The number of fused-ring (bicyclic) bond motifs is 4. The van der Waals surface area contributed by atoms with Gasteiger partial charge in [0.25, 0.3) is 0 Å².